The molecule has 0 N–H and O–H groups in total. The number of aryl methyl sites for hydroxylation is 1. The third kappa shape index (κ3) is 2.46. The molecule has 1 amide bonds. The van der Waals surface area contributed by atoms with Gasteiger partial charge in [-0.15, -0.1) is 0 Å². The molecule has 1 aromatic heterocycles. The summed E-state index contributed by atoms with van der Waals surface area (Å²) in [6.45, 7) is 6.71. The Kier molecular flexibility index (Phi) is 4.07. The van der Waals surface area contributed by atoms with E-state index < -0.39 is 0 Å². The molecule has 0 bridgehead atoms. The molecule has 1 aliphatic heterocycles. The predicted octanol–water partition coefficient (Wildman–Crippen LogP) is 1.96. The summed E-state index contributed by atoms with van der Waals surface area (Å²) >= 11 is 0. The van der Waals surface area contributed by atoms with Crippen molar-refractivity contribution in [3.8, 4) is 5.75 Å². The molecule has 118 valence electrons. The average Bonchev–Trinajstić information content (AvgIpc) is 2.91. The van der Waals surface area contributed by atoms with Crippen LogP contribution in [0.1, 0.15) is 17.4 Å². The fraction of sp³-hybridized carbons (Fsp3) is 0.471. The molecule has 0 spiro atoms. The van der Waals surface area contributed by atoms with Gasteiger partial charge in [0.1, 0.15) is 11.4 Å². The number of hydrogen-bond donors (Lipinski definition) is 0. The van der Waals surface area contributed by atoms with E-state index in [1.807, 2.05) is 40.8 Å². The lowest BCUT2D eigenvalue weighted by molar-refractivity contribution is 0.0634. The molecule has 2 aromatic rings. The van der Waals surface area contributed by atoms with Gasteiger partial charge in [0.15, 0.2) is 0 Å². The van der Waals surface area contributed by atoms with Gasteiger partial charge in [-0.25, -0.2) is 0 Å². The number of hydrogen-bond acceptors (Lipinski definition) is 3. The number of ether oxygens (including phenoxy) is 1. The van der Waals surface area contributed by atoms with E-state index in [2.05, 4.69) is 11.8 Å². The normalized spacial score (nSPS) is 16.2. The number of para-hydroxylation sites is 1. The molecule has 1 aliphatic rings. The first kappa shape index (κ1) is 14.9. The van der Waals surface area contributed by atoms with E-state index in [4.69, 9.17) is 4.74 Å². The summed E-state index contributed by atoms with van der Waals surface area (Å²) in [6, 6.07) is 7.86. The molecule has 5 heteroatoms. The van der Waals surface area contributed by atoms with Crippen molar-refractivity contribution in [2.24, 2.45) is 7.05 Å². The number of likely N-dealkylation sites (N-methyl/N-ethyl adjacent to an activating group) is 1. The van der Waals surface area contributed by atoms with Gasteiger partial charge < -0.3 is 19.1 Å². The molecule has 1 aromatic carbocycles. The van der Waals surface area contributed by atoms with Gasteiger partial charge >= 0.3 is 0 Å². The Morgan fingerprint density at radius 3 is 2.59 bits per heavy atom. The first-order valence-corrected chi connectivity index (χ1v) is 7.79. The zero-order valence-electron chi connectivity index (χ0n) is 13.5. The van der Waals surface area contributed by atoms with E-state index in [1.54, 1.807) is 7.11 Å². The van der Waals surface area contributed by atoms with E-state index in [1.165, 1.54) is 0 Å². The van der Waals surface area contributed by atoms with Gasteiger partial charge in [-0.1, -0.05) is 19.1 Å². The smallest absolute Gasteiger partial charge is 0.270 e. The maximum Gasteiger partial charge on any atom is 0.270 e. The molecule has 0 radical (unpaired) electrons. The van der Waals surface area contributed by atoms with Gasteiger partial charge in [0.2, 0.25) is 0 Å². The Morgan fingerprint density at radius 1 is 1.23 bits per heavy atom. The topological polar surface area (TPSA) is 37.7 Å². The Balaban J connectivity index is 1.90. The number of nitrogens with zero attached hydrogens (tertiary/aromatic N) is 3. The van der Waals surface area contributed by atoms with Crippen molar-refractivity contribution in [3.05, 3.63) is 30.0 Å². The molecule has 0 unspecified atom stereocenters. The Hall–Kier alpha value is -2.01. The van der Waals surface area contributed by atoms with Crippen LogP contribution >= 0.6 is 0 Å². The summed E-state index contributed by atoms with van der Waals surface area (Å²) in [7, 11) is 3.59. The number of rotatable bonds is 3. The van der Waals surface area contributed by atoms with E-state index in [0.717, 1.165) is 55.1 Å². The SMILES string of the molecule is CCN1CCN(C(=O)c2cc3cccc(OC)c3n2C)CC1. The number of methoxy groups -OCH3 is 1. The number of piperazine rings is 1. The number of carbonyl (C=O) groups is 1. The van der Waals surface area contributed by atoms with Crippen molar-refractivity contribution in [3.63, 3.8) is 0 Å². The maximum absolute atomic E-state index is 12.8. The lowest BCUT2D eigenvalue weighted by Gasteiger charge is -2.34. The molecule has 0 aliphatic carbocycles. The highest BCUT2D eigenvalue weighted by Gasteiger charge is 2.24. The minimum atomic E-state index is 0.108. The van der Waals surface area contributed by atoms with Gasteiger partial charge in [0, 0.05) is 38.6 Å². The summed E-state index contributed by atoms with van der Waals surface area (Å²) in [6.07, 6.45) is 0. The predicted molar refractivity (Wildman–Crippen MR) is 87.5 cm³/mol. The van der Waals surface area contributed by atoms with Crippen molar-refractivity contribution < 1.29 is 9.53 Å². The number of carbonyl (C=O) groups excluding carboxylic acids is 1. The molecule has 0 saturated carbocycles. The van der Waals surface area contributed by atoms with Crippen LogP contribution in [0.3, 0.4) is 0 Å². The minimum Gasteiger partial charge on any atom is -0.495 e. The van der Waals surface area contributed by atoms with E-state index in [-0.39, 0.29) is 5.91 Å². The summed E-state index contributed by atoms with van der Waals surface area (Å²) in [5.41, 5.74) is 1.70. The van der Waals surface area contributed by atoms with Gasteiger partial charge in [0.25, 0.3) is 5.91 Å². The van der Waals surface area contributed by atoms with Gasteiger partial charge in [-0.2, -0.15) is 0 Å². The molecule has 0 atom stereocenters. The van der Waals surface area contributed by atoms with Crippen molar-refractivity contribution in [1.29, 1.82) is 0 Å². The van der Waals surface area contributed by atoms with Crippen molar-refractivity contribution in [1.82, 2.24) is 14.4 Å². The van der Waals surface area contributed by atoms with Gasteiger partial charge in [0.05, 0.1) is 12.6 Å². The highest BCUT2D eigenvalue weighted by molar-refractivity contribution is 6.00. The maximum atomic E-state index is 12.8. The molecule has 1 fully saturated rings. The number of benzene rings is 1. The molecule has 22 heavy (non-hydrogen) atoms. The van der Waals surface area contributed by atoms with E-state index in [9.17, 15) is 4.79 Å². The molecule has 1 saturated heterocycles. The van der Waals surface area contributed by atoms with Crippen LogP contribution in [-0.4, -0.2) is 60.1 Å². The first-order chi connectivity index (χ1) is 10.7. The standard InChI is InChI=1S/C17H23N3O2/c1-4-19-8-10-20(11-9-19)17(21)14-12-13-6-5-7-15(22-3)16(13)18(14)2/h5-7,12H,4,8-11H2,1-3H3. The lowest BCUT2D eigenvalue weighted by atomic mass is 10.2. The fourth-order valence-corrected chi connectivity index (χ4v) is 3.18. The van der Waals surface area contributed by atoms with Crippen LogP contribution in [0.5, 0.6) is 5.75 Å². The van der Waals surface area contributed by atoms with Crippen LogP contribution in [0.2, 0.25) is 0 Å². The molecule has 2 heterocycles. The van der Waals surface area contributed by atoms with Crippen LogP contribution in [0.15, 0.2) is 24.3 Å². The average molecular weight is 301 g/mol. The van der Waals surface area contributed by atoms with Crippen LogP contribution in [0.4, 0.5) is 0 Å². The number of fused-ring (bicyclic) bond motifs is 1. The summed E-state index contributed by atoms with van der Waals surface area (Å²) in [5.74, 6) is 0.909. The van der Waals surface area contributed by atoms with Crippen LogP contribution in [-0.2, 0) is 7.05 Å². The zero-order valence-corrected chi connectivity index (χ0v) is 13.5. The zero-order chi connectivity index (χ0) is 15.7. The summed E-state index contributed by atoms with van der Waals surface area (Å²) < 4.78 is 7.37. The largest absolute Gasteiger partial charge is 0.495 e. The monoisotopic (exact) mass is 301 g/mol. The quantitative estimate of drug-likeness (QED) is 0.870. The lowest BCUT2D eigenvalue weighted by Crippen LogP contribution is -2.48. The number of amides is 1. The van der Waals surface area contributed by atoms with Crippen LogP contribution in [0.25, 0.3) is 10.9 Å². The van der Waals surface area contributed by atoms with Crippen LogP contribution < -0.4 is 4.74 Å². The van der Waals surface area contributed by atoms with Crippen molar-refractivity contribution in [2.75, 3.05) is 39.8 Å². The van der Waals surface area contributed by atoms with Gasteiger partial charge in [-0.3, -0.25) is 4.79 Å². The van der Waals surface area contributed by atoms with Crippen LogP contribution in [0, 0.1) is 0 Å². The second-order valence-corrected chi connectivity index (χ2v) is 5.71. The second-order valence-electron chi connectivity index (χ2n) is 5.71. The molecular formula is C17H23N3O2. The molecular weight excluding hydrogens is 278 g/mol. The second kappa shape index (κ2) is 6.01. The highest BCUT2D eigenvalue weighted by atomic mass is 16.5. The van der Waals surface area contributed by atoms with E-state index >= 15 is 0 Å². The Bertz CT molecular complexity index is 685. The third-order valence-electron chi connectivity index (χ3n) is 4.56. The first-order valence-electron chi connectivity index (χ1n) is 7.79. The molecule has 3 rings (SSSR count). The Morgan fingerprint density at radius 2 is 1.95 bits per heavy atom. The van der Waals surface area contributed by atoms with E-state index in [0.29, 0.717) is 0 Å². The molecule has 5 nitrogen and oxygen atoms in total. The fourth-order valence-electron chi connectivity index (χ4n) is 3.18. The Labute approximate surface area is 131 Å². The third-order valence-corrected chi connectivity index (χ3v) is 4.56. The van der Waals surface area contributed by atoms with Crippen molar-refractivity contribution in [2.45, 2.75) is 6.92 Å². The van der Waals surface area contributed by atoms with Gasteiger partial charge in [-0.05, 0) is 18.7 Å². The number of aromatic nitrogens is 1. The highest BCUT2D eigenvalue weighted by Crippen LogP contribution is 2.28. The minimum absolute atomic E-state index is 0.108. The summed E-state index contributed by atoms with van der Waals surface area (Å²) in [4.78, 5) is 17.2. The summed E-state index contributed by atoms with van der Waals surface area (Å²) in [5, 5.41) is 1.04. The van der Waals surface area contributed by atoms with Crippen molar-refractivity contribution >= 4 is 16.8 Å².